The van der Waals surface area contributed by atoms with Crippen molar-refractivity contribution in [2.75, 3.05) is 11.4 Å². The van der Waals surface area contributed by atoms with Crippen LogP contribution in [0.1, 0.15) is 23.5 Å². The zero-order valence-corrected chi connectivity index (χ0v) is 16.6. The molecule has 110 valence electrons. The van der Waals surface area contributed by atoms with Crippen LogP contribution < -0.4 is 56.3 Å². The first-order valence-corrected chi connectivity index (χ1v) is 7.80. The van der Waals surface area contributed by atoms with Crippen LogP contribution in [0.4, 0.5) is 5.69 Å². The van der Waals surface area contributed by atoms with Crippen molar-refractivity contribution in [1.29, 1.82) is 0 Å². The average molecular weight is 326 g/mol. The maximum Gasteiger partial charge on any atom is 1.00 e. The minimum atomic E-state index is 0. The van der Waals surface area contributed by atoms with Gasteiger partial charge in [-0.2, -0.15) is 6.67 Å². The van der Waals surface area contributed by atoms with E-state index in [0.29, 0.717) is 5.92 Å². The topological polar surface area (TPSA) is 6.48 Å². The molecule has 0 aromatic heterocycles. The third kappa shape index (κ3) is 3.81. The van der Waals surface area contributed by atoms with Crippen molar-refractivity contribution in [3.05, 3.63) is 90.9 Å². The SMILES string of the molecule is C1=CC(CCN2C=CN(c3ccccc3)[CH-]2)c2ccccc21.[K+]. The van der Waals surface area contributed by atoms with Crippen molar-refractivity contribution >= 4 is 11.8 Å². The van der Waals surface area contributed by atoms with E-state index in [-0.39, 0.29) is 51.4 Å². The number of para-hydroxylation sites is 1. The van der Waals surface area contributed by atoms with E-state index in [2.05, 4.69) is 89.6 Å². The molecule has 1 atom stereocenters. The van der Waals surface area contributed by atoms with E-state index in [1.54, 1.807) is 0 Å². The molecular weight excluding hydrogens is 307 g/mol. The predicted molar refractivity (Wildman–Crippen MR) is 91.9 cm³/mol. The van der Waals surface area contributed by atoms with Gasteiger partial charge in [0, 0.05) is 11.6 Å². The minimum absolute atomic E-state index is 0. The molecular formula is C20H19KN2. The van der Waals surface area contributed by atoms with Crippen LogP contribution in [0, 0.1) is 6.67 Å². The van der Waals surface area contributed by atoms with Gasteiger partial charge in [-0.15, -0.1) is 0 Å². The molecule has 1 aliphatic heterocycles. The third-order valence-electron chi connectivity index (χ3n) is 4.35. The average Bonchev–Trinajstić information content (AvgIpc) is 3.21. The molecule has 2 aromatic rings. The molecule has 1 aliphatic carbocycles. The maximum absolute atomic E-state index is 2.33. The van der Waals surface area contributed by atoms with Crippen molar-refractivity contribution in [2.45, 2.75) is 12.3 Å². The summed E-state index contributed by atoms with van der Waals surface area (Å²) in [6, 6.07) is 19.1. The second-order valence-electron chi connectivity index (χ2n) is 5.78. The normalized spacial score (nSPS) is 18.2. The van der Waals surface area contributed by atoms with Gasteiger partial charge in [-0.1, -0.05) is 54.6 Å². The summed E-state index contributed by atoms with van der Waals surface area (Å²) < 4.78 is 0. The van der Waals surface area contributed by atoms with E-state index >= 15 is 0 Å². The number of hydrogen-bond acceptors (Lipinski definition) is 2. The largest absolute Gasteiger partial charge is 1.00 e. The van der Waals surface area contributed by atoms with E-state index < -0.39 is 0 Å². The number of fused-ring (bicyclic) bond motifs is 1. The van der Waals surface area contributed by atoms with Crippen molar-refractivity contribution in [3.63, 3.8) is 0 Å². The van der Waals surface area contributed by atoms with Gasteiger partial charge < -0.3 is 9.80 Å². The molecule has 1 unspecified atom stereocenters. The number of nitrogens with zero attached hydrogens (tertiary/aromatic N) is 2. The Bertz CT molecular complexity index is 709. The molecule has 3 heteroatoms. The van der Waals surface area contributed by atoms with Crippen LogP contribution in [0.5, 0.6) is 0 Å². The van der Waals surface area contributed by atoms with Crippen LogP contribution in [-0.2, 0) is 0 Å². The molecule has 4 rings (SSSR count). The van der Waals surface area contributed by atoms with Gasteiger partial charge in [0.1, 0.15) is 0 Å². The van der Waals surface area contributed by atoms with E-state index in [4.69, 9.17) is 0 Å². The van der Waals surface area contributed by atoms with Gasteiger partial charge in [-0.3, -0.25) is 0 Å². The van der Waals surface area contributed by atoms with Gasteiger partial charge in [0.25, 0.3) is 0 Å². The Kier molecular flexibility index (Phi) is 5.78. The van der Waals surface area contributed by atoms with Crippen LogP contribution in [0.3, 0.4) is 0 Å². The van der Waals surface area contributed by atoms with Crippen molar-refractivity contribution < 1.29 is 51.4 Å². The Balaban J connectivity index is 0.00000156. The number of benzene rings is 2. The standard InChI is InChI=1S/C20H19N2.K/c1-2-7-19(8-3-1)22-15-14-21(16-22)13-12-18-11-10-17-6-4-5-9-20(17)18;/h1-11,14-16,18H,12-13H2;/q-1;+1. The zero-order valence-electron chi connectivity index (χ0n) is 13.5. The van der Waals surface area contributed by atoms with Crippen molar-refractivity contribution in [1.82, 2.24) is 4.90 Å². The number of allylic oxidation sites excluding steroid dienone is 1. The monoisotopic (exact) mass is 326 g/mol. The Morgan fingerprint density at radius 2 is 1.70 bits per heavy atom. The fraction of sp³-hybridized carbons (Fsp3) is 0.150. The summed E-state index contributed by atoms with van der Waals surface area (Å²) in [6.45, 7) is 3.20. The van der Waals surface area contributed by atoms with Gasteiger partial charge in [0.2, 0.25) is 0 Å². The van der Waals surface area contributed by atoms with Gasteiger partial charge in [0.05, 0.1) is 0 Å². The van der Waals surface area contributed by atoms with Gasteiger partial charge in [-0.25, -0.2) is 0 Å². The third-order valence-corrected chi connectivity index (χ3v) is 4.35. The Hall–Kier alpha value is -0.844. The summed E-state index contributed by atoms with van der Waals surface area (Å²) in [4.78, 5) is 4.43. The molecule has 2 nitrogen and oxygen atoms in total. The van der Waals surface area contributed by atoms with Gasteiger partial charge >= 0.3 is 51.4 Å². The van der Waals surface area contributed by atoms with Crippen LogP contribution >= 0.6 is 0 Å². The minimum Gasteiger partial charge on any atom is -0.508 e. The Morgan fingerprint density at radius 3 is 2.57 bits per heavy atom. The molecule has 0 saturated heterocycles. The van der Waals surface area contributed by atoms with Gasteiger partial charge in [-0.05, 0) is 48.6 Å². The summed E-state index contributed by atoms with van der Waals surface area (Å²) in [5.41, 5.74) is 4.04. The zero-order chi connectivity index (χ0) is 14.8. The summed E-state index contributed by atoms with van der Waals surface area (Å²) >= 11 is 0. The quantitative estimate of drug-likeness (QED) is 0.622. The smallest absolute Gasteiger partial charge is 0.508 e. The molecule has 0 amide bonds. The fourth-order valence-electron chi connectivity index (χ4n) is 3.14. The van der Waals surface area contributed by atoms with Gasteiger partial charge in [0.15, 0.2) is 0 Å². The molecule has 2 aromatic carbocycles. The van der Waals surface area contributed by atoms with Crippen molar-refractivity contribution in [2.24, 2.45) is 0 Å². The first-order chi connectivity index (χ1) is 10.9. The number of rotatable bonds is 4. The van der Waals surface area contributed by atoms with E-state index in [1.165, 1.54) is 16.8 Å². The second kappa shape index (κ2) is 7.82. The number of anilines is 1. The summed E-state index contributed by atoms with van der Waals surface area (Å²) in [6.07, 6.45) is 9.99. The molecule has 0 N–H and O–H groups in total. The molecule has 0 radical (unpaired) electrons. The van der Waals surface area contributed by atoms with Crippen LogP contribution in [0.25, 0.3) is 6.08 Å². The first kappa shape index (κ1) is 17.0. The van der Waals surface area contributed by atoms with E-state index in [1.807, 2.05) is 6.07 Å². The summed E-state index contributed by atoms with van der Waals surface area (Å²) in [7, 11) is 0. The molecule has 23 heavy (non-hydrogen) atoms. The van der Waals surface area contributed by atoms with Crippen LogP contribution in [0.15, 0.2) is 73.1 Å². The molecule has 0 spiro atoms. The molecule has 2 aliphatic rings. The summed E-state index contributed by atoms with van der Waals surface area (Å²) in [5, 5.41) is 0. The molecule has 0 fully saturated rings. The second-order valence-corrected chi connectivity index (χ2v) is 5.78. The number of hydrogen-bond donors (Lipinski definition) is 0. The first-order valence-electron chi connectivity index (χ1n) is 7.80. The molecule has 1 heterocycles. The van der Waals surface area contributed by atoms with Crippen LogP contribution in [0.2, 0.25) is 0 Å². The fourth-order valence-corrected chi connectivity index (χ4v) is 3.14. The van der Waals surface area contributed by atoms with Crippen LogP contribution in [-0.4, -0.2) is 11.4 Å². The summed E-state index contributed by atoms with van der Waals surface area (Å²) in [5.74, 6) is 0.545. The maximum atomic E-state index is 2.33. The molecule has 0 saturated carbocycles. The molecule has 0 bridgehead atoms. The predicted octanol–water partition coefficient (Wildman–Crippen LogP) is 1.60. The van der Waals surface area contributed by atoms with E-state index in [0.717, 1.165) is 13.0 Å². The van der Waals surface area contributed by atoms with E-state index in [9.17, 15) is 0 Å². The Morgan fingerprint density at radius 1 is 0.913 bits per heavy atom. The Labute approximate surface area is 180 Å². The van der Waals surface area contributed by atoms with Crippen molar-refractivity contribution in [3.8, 4) is 0 Å².